The van der Waals surface area contributed by atoms with Gasteiger partial charge in [-0.15, -0.1) is 0 Å². The third-order valence-electron chi connectivity index (χ3n) is 3.82. The Morgan fingerprint density at radius 2 is 2.00 bits per heavy atom. The molecule has 0 aliphatic heterocycles. The van der Waals surface area contributed by atoms with Crippen molar-refractivity contribution in [1.82, 2.24) is 5.32 Å². The van der Waals surface area contributed by atoms with Gasteiger partial charge in [0.2, 0.25) is 5.91 Å². The van der Waals surface area contributed by atoms with Crippen molar-refractivity contribution in [2.75, 3.05) is 12.3 Å². The summed E-state index contributed by atoms with van der Waals surface area (Å²) in [6.45, 7) is 7.29. The van der Waals surface area contributed by atoms with Gasteiger partial charge in [0.15, 0.2) is 0 Å². The molecule has 0 radical (unpaired) electrons. The molecule has 1 rings (SSSR count). The summed E-state index contributed by atoms with van der Waals surface area (Å²) in [7, 11) is 0. The van der Waals surface area contributed by atoms with Crippen molar-refractivity contribution < 1.29 is 4.79 Å². The lowest BCUT2D eigenvalue weighted by molar-refractivity contribution is -0.125. The molecular formula is C17H28N2OS. The van der Waals surface area contributed by atoms with Crippen molar-refractivity contribution in [2.24, 2.45) is 5.73 Å². The van der Waals surface area contributed by atoms with E-state index in [-0.39, 0.29) is 5.91 Å². The van der Waals surface area contributed by atoms with Crippen LogP contribution in [-0.2, 0) is 10.3 Å². The van der Waals surface area contributed by atoms with Gasteiger partial charge in [-0.05, 0) is 37.1 Å². The first-order valence-electron chi connectivity index (χ1n) is 7.78. The molecular weight excluding hydrogens is 280 g/mol. The minimum absolute atomic E-state index is 0.285. The van der Waals surface area contributed by atoms with Crippen molar-refractivity contribution >= 4 is 17.7 Å². The van der Waals surface area contributed by atoms with E-state index in [0.29, 0.717) is 5.25 Å². The molecule has 0 saturated carbocycles. The van der Waals surface area contributed by atoms with Gasteiger partial charge in [0.25, 0.3) is 0 Å². The first kappa shape index (κ1) is 18.1. The topological polar surface area (TPSA) is 55.1 Å². The molecule has 3 N–H and O–H groups in total. The first-order chi connectivity index (χ1) is 10.1. The molecule has 0 aliphatic carbocycles. The number of amides is 1. The Morgan fingerprint density at radius 1 is 1.33 bits per heavy atom. The zero-order valence-corrected chi connectivity index (χ0v) is 14.2. The van der Waals surface area contributed by atoms with Crippen LogP contribution in [0.15, 0.2) is 30.3 Å². The lowest BCUT2D eigenvalue weighted by Crippen LogP contribution is -2.53. The number of carbonyl (C=O) groups is 1. The summed E-state index contributed by atoms with van der Waals surface area (Å²) in [5.41, 5.74) is 6.00. The van der Waals surface area contributed by atoms with Crippen molar-refractivity contribution in [3.05, 3.63) is 35.9 Å². The maximum Gasteiger partial charge on any atom is 0.242 e. The summed E-state index contributed by atoms with van der Waals surface area (Å²) < 4.78 is 0. The fraction of sp³-hybridized carbons (Fsp3) is 0.588. The molecule has 21 heavy (non-hydrogen) atoms. The Kier molecular flexibility index (Phi) is 7.83. The van der Waals surface area contributed by atoms with Gasteiger partial charge < -0.3 is 5.73 Å². The van der Waals surface area contributed by atoms with E-state index in [9.17, 15) is 4.79 Å². The average Bonchev–Trinajstić information content (AvgIpc) is 2.51. The maximum atomic E-state index is 12.2. The highest BCUT2D eigenvalue weighted by molar-refractivity contribution is 7.99. The van der Waals surface area contributed by atoms with Crippen LogP contribution in [0.5, 0.6) is 0 Å². The molecule has 2 unspecified atom stereocenters. The lowest BCUT2D eigenvalue weighted by Gasteiger charge is -2.32. The van der Waals surface area contributed by atoms with Crippen LogP contribution in [0, 0.1) is 0 Å². The zero-order valence-electron chi connectivity index (χ0n) is 13.4. The molecule has 4 heteroatoms. The number of carbonyl (C=O) groups excluding carboxylic acids is 1. The number of primary amides is 1. The minimum atomic E-state index is -0.752. The number of nitrogens with two attached hydrogens (primary N) is 1. The number of thioether (sulfide) groups is 1. The van der Waals surface area contributed by atoms with E-state index in [2.05, 4.69) is 26.1 Å². The van der Waals surface area contributed by atoms with E-state index >= 15 is 0 Å². The van der Waals surface area contributed by atoms with E-state index in [1.165, 1.54) is 0 Å². The summed E-state index contributed by atoms with van der Waals surface area (Å²) >= 11 is 1.90. The van der Waals surface area contributed by atoms with Crippen LogP contribution in [0.1, 0.15) is 45.6 Å². The van der Waals surface area contributed by atoms with Gasteiger partial charge in [0.05, 0.1) is 0 Å². The number of rotatable bonds is 10. The van der Waals surface area contributed by atoms with Crippen molar-refractivity contribution in [3.63, 3.8) is 0 Å². The Morgan fingerprint density at radius 3 is 2.52 bits per heavy atom. The van der Waals surface area contributed by atoms with E-state index in [1.807, 2.05) is 42.1 Å². The summed E-state index contributed by atoms with van der Waals surface area (Å²) in [5.74, 6) is 0.635. The Balaban J connectivity index is 2.93. The van der Waals surface area contributed by atoms with E-state index < -0.39 is 5.54 Å². The van der Waals surface area contributed by atoms with Crippen LogP contribution in [0.3, 0.4) is 0 Å². The van der Waals surface area contributed by atoms with Gasteiger partial charge in [0, 0.05) is 5.25 Å². The largest absolute Gasteiger partial charge is 0.368 e. The van der Waals surface area contributed by atoms with E-state index in [4.69, 9.17) is 5.73 Å². The number of benzene rings is 1. The van der Waals surface area contributed by atoms with Gasteiger partial charge in [-0.3, -0.25) is 10.1 Å². The normalized spacial score (nSPS) is 15.4. The molecule has 2 atom stereocenters. The Labute approximate surface area is 133 Å². The smallest absolute Gasteiger partial charge is 0.242 e. The summed E-state index contributed by atoms with van der Waals surface area (Å²) in [6, 6.07) is 9.86. The Bertz CT molecular complexity index is 424. The van der Waals surface area contributed by atoms with E-state index in [0.717, 1.165) is 37.1 Å². The summed E-state index contributed by atoms with van der Waals surface area (Å²) in [5, 5.41) is 4.01. The molecule has 0 saturated heterocycles. The Hall–Kier alpha value is -1.00. The molecule has 118 valence electrons. The number of hydrogen-bond donors (Lipinski definition) is 2. The molecule has 0 bridgehead atoms. The monoisotopic (exact) mass is 308 g/mol. The van der Waals surface area contributed by atoms with Crippen LogP contribution < -0.4 is 11.1 Å². The minimum Gasteiger partial charge on any atom is -0.368 e. The predicted molar refractivity (Wildman–Crippen MR) is 92.4 cm³/mol. The highest BCUT2D eigenvalue weighted by Gasteiger charge is 2.37. The molecule has 3 nitrogen and oxygen atoms in total. The maximum absolute atomic E-state index is 12.2. The van der Waals surface area contributed by atoms with Gasteiger partial charge in [0.1, 0.15) is 5.54 Å². The number of nitrogens with one attached hydrogen (secondary N) is 1. The van der Waals surface area contributed by atoms with Gasteiger partial charge in [-0.2, -0.15) is 11.8 Å². The molecule has 0 spiro atoms. The second-order valence-electron chi connectivity index (χ2n) is 5.40. The third kappa shape index (κ3) is 5.04. The van der Waals surface area contributed by atoms with Crippen LogP contribution in [0.25, 0.3) is 0 Å². The predicted octanol–water partition coefficient (Wildman–Crippen LogP) is 3.29. The summed E-state index contributed by atoms with van der Waals surface area (Å²) in [6.07, 6.45) is 2.84. The fourth-order valence-corrected chi connectivity index (χ4v) is 3.34. The zero-order chi connectivity index (χ0) is 15.7. The van der Waals surface area contributed by atoms with E-state index in [1.54, 1.807) is 0 Å². The fourth-order valence-electron chi connectivity index (χ4n) is 2.28. The average molecular weight is 308 g/mol. The standard InChI is InChI=1S/C17H28N2OS/c1-4-12-19-17(16(18)20,11-13-21-14(3)5-2)15-9-7-6-8-10-15/h6-10,14,19H,4-5,11-13H2,1-3H3,(H2,18,20). The van der Waals surface area contributed by atoms with Gasteiger partial charge in [-0.25, -0.2) is 0 Å². The summed E-state index contributed by atoms with van der Waals surface area (Å²) in [4.78, 5) is 12.2. The SMILES string of the molecule is CCCNC(CCSC(C)CC)(C(N)=O)c1ccccc1. The third-order valence-corrected chi connectivity index (χ3v) is 5.16. The molecule has 0 fully saturated rings. The number of hydrogen-bond acceptors (Lipinski definition) is 3. The highest BCUT2D eigenvalue weighted by atomic mass is 32.2. The second-order valence-corrected chi connectivity index (χ2v) is 6.95. The second kappa shape index (κ2) is 9.11. The van der Waals surface area contributed by atoms with Crippen LogP contribution in [0.4, 0.5) is 0 Å². The molecule has 0 aromatic heterocycles. The lowest BCUT2D eigenvalue weighted by atomic mass is 9.86. The molecule has 1 aromatic carbocycles. The molecule has 1 aromatic rings. The van der Waals surface area contributed by atoms with Gasteiger partial charge >= 0.3 is 0 Å². The van der Waals surface area contributed by atoms with Crippen molar-refractivity contribution in [3.8, 4) is 0 Å². The quantitative estimate of drug-likeness (QED) is 0.697. The first-order valence-corrected chi connectivity index (χ1v) is 8.83. The van der Waals surface area contributed by atoms with Crippen LogP contribution in [0.2, 0.25) is 0 Å². The van der Waals surface area contributed by atoms with Crippen LogP contribution in [-0.4, -0.2) is 23.5 Å². The molecule has 1 amide bonds. The van der Waals surface area contributed by atoms with Crippen molar-refractivity contribution in [2.45, 2.75) is 50.8 Å². The highest BCUT2D eigenvalue weighted by Crippen LogP contribution is 2.28. The van der Waals surface area contributed by atoms with Crippen molar-refractivity contribution in [1.29, 1.82) is 0 Å². The van der Waals surface area contributed by atoms with Crippen LogP contribution >= 0.6 is 11.8 Å². The molecule has 0 heterocycles. The van der Waals surface area contributed by atoms with Gasteiger partial charge in [-0.1, -0.05) is 51.1 Å². The molecule has 0 aliphatic rings.